The van der Waals surface area contributed by atoms with Crippen LogP contribution in [0.2, 0.25) is 0 Å². The Morgan fingerprint density at radius 2 is 1.95 bits per heavy atom. The summed E-state index contributed by atoms with van der Waals surface area (Å²) in [6, 6.07) is 5.92. The summed E-state index contributed by atoms with van der Waals surface area (Å²) in [4.78, 5) is 0. The Kier molecular flexibility index (Phi) is 5.01. The monoisotopic (exact) mass is 388 g/mol. The van der Waals surface area contributed by atoms with Crippen molar-refractivity contribution < 1.29 is 9.26 Å². The smallest absolute Gasteiger partial charge is 0.174 e. The van der Waals surface area contributed by atoms with Gasteiger partial charge in [-0.15, -0.1) is 0 Å². The van der Waals surface area contributed by atoms with E-state index in [1.807, 2.05) is 32.2 Å². The Morgan fingerprint density at radius 1 is 1.26 bits per heavy atom. The predicted molar refractivity (Wildman–Crippen MR) is 80.2 cm³/mol. The van der Waals surface area contributed by atoms with Gasteiger partial charge in [0.05, 0.1) is 14.6 Å². The number of aromatic nitrogens is 1. The second-order valence-corrected chi connectivity index (χ2v) is 5.85. The van der Waals surface area contributed by atoms with E-state index in [1.54, 1.807) is 0 Å². The van der Waals surface area contributed by atoms with Gasteiger partial charge in [0.15, 0.2) is 5.76 Å². The highest BCUT2D eigenvalue weighted by molar-refractivity contribution is 9.11. The van der Waals surface area contributed by atoms with E-state index in [9.17, 15) is 0 Å². The van der Waals surface area contributed by atoms with Gasteiger partial charge in [-0.05, 0) is 63.5 Å². The second-order valence-electron chi connectivity index (χ2n) is 4.14. The van der Waals surface area contributed by atoms with Crippen molar-refractivity contribution in [1.82, 2.24) is 10.5 Å². The van der Waals surface area contributed by atoms with Crippen molar-refractivity contribution in [2.24, 2.45) is 0 Å². The molecule has 6 heteroatoms. The van der Waals surface area contributed by atoms with Gasteiger partial charge in [-0.1, -0.05) is 5.16 Å². The van der Waals surface area contributed by atoms with Gasteiger partial charge in [-0.25, -0.2) is 0 Å². The van der Waals surface area contributed by atoms with E-state index in [4.69, 9.17) is 9.26 Å². The summed E-state index contributed by atoms with van der Waals surface area (Å²) in [5.41, 5.74) is 2.02. The number of halogens is 2. The minimum Gasteiger partial charge on any atom is -0.483 e. The van der Waals surface area contributed by atoms with E-state index in [-0.39, 0.29) is 0 Å². The summed E-state index contributed by atoms with van der Waals surface area (Å²) in [6.45, 7) is 3.04. The van der Waals surface area contributed by atoms with Crippen LogP contribution in [0.3, 0.4) is 0 Å². The molecule has 0 unspecified atom stereocenters. The third kappa shape index (κ3) is 3.81. The highest BCUT2D eigenvalue weighted by Gasteiger charge is 2.10. The van der Waals surface area contributed by atoms with E-state index in [0.29, 0.717) is 12.4 Å². The lowest BCUT2D eigenvalue weighted by Crippen LogP contribution is -2.05. The van der Waals surface area contributed by atoms with Gasteiger partial charge >= 0.3 is 0 Å². The average Bonchev–Trinajstić information content (AvgIpc) is 2.74. The molecule has 1 aromatic heterocycles. The fourth-order valence-electron chi connectivity index (χ4n) is 1.68. The topological polar surface area (TPSA) is 47.3 Å². The second kappa shape index (κ2) is 6.54. The van der Waals surface area contributed by atoms with Crippen molar-refractivity contribution in [3.63, 3.8) is 0 Å². The molecule has 1 N–H and O–H groups in total. The van der Waals surface area contributed by atoms with Crippen LogP contribution < -0.4 is 10.1 Å². The van der Waals surface area contributed by atoms with Crippen LogP contribution in [0.4, 0.5) is 0 Å². The SMILES string of the molecule is CNCc1cc(Br)c(OCc2cc(C)no2)c(Br)c1. The first-order valence-corrected chi connectivity index (χ1v) is 7.36. The maximum absolute atomic E-state index is 5.75. The number of hydrogen-bond acceptors (Lipinski definition) is 4. The molecule has 0 radical (unpaired) electrons. The zero-order valence-corrected chi connectivity index (χ0v) is 13.8. The lowest BCUT2D eigenvalue weighted by atomic mass is 10.2. The number of benzene rings is 1. The zero-order valence-electron chi connectivity index (χ0n) is 10.7. The number of hydrogen-bond donors (Lipinski definition) is 1. The lowest BCUT2D eigenvalue weighted by Gasteiger charge is -2.11. The van der Waals surface area contributed by atoms with Crippen molar-refractivity contribution in [2.45, 2.75) is 20.1 Å². The summed E-state index contributed by atoms with van der Waals surface area (Å²) >= 11 is 7.04. The summed E-state index contributed by atoms with van der Waals surface area (Å²) in [5, 5.41) is 6.94. The molecular weight excluding hydrogens is 376 g/mol. The molecular formula is C13H14Br2N2O2. The third-order valence-corrected chi connectivity index (χ3v) is 3.65. The molecule has 0 aliphatic carbocycles. The van der Waals surface area contributed by atoms with E-state index < -0.39 is 0 Å². The highest BCUT2D eigenvalue weighted by Crippen LogP contribution is 2.35. The van der Waals surface area contributed by atoms with Crippen molar-refractivity contribution >= 4 is 31.9 Å². The molecule has 0 spiro atoms. The molecule has 1 aromatic carbocycles. The summed E-state index contributed by atoms with van der Waals surface area (Å²) in [6.07, 6.45) is 0. The molecule has 0 bridgehead atoms. The predicted octanol–water partition coefficient (Wildman–Crippen LogP) is 3.81. The highest BCUT2D eigenvalue weighted by atomic mass is 79.9. The van der Waals surface area contributed by atoms with Crippen LogP contribution >= 0.6 is 31.9 Å². The standard InChI is InChI=1S/C13H14Br2N2O2/c1-8-3-10(19-17-8)7-18-13-11(14)4-9(6-16-2)5-12(13)15/h3-5,16H,6-7H2,1-2H3. The molecule has 0 fully saturated rings. The number of nitrogens with one attached hydrogen (secondary N) is 1. The average molecular weight is 390 g/mol. The molecule has 0 aliphatic heterocycles. The van der Waals surface area contributed by atoms with Crippen LogP contribution in [0, 0.1) is 6.92 Å². The zero-order chi connectivity index (χ0) is 13.8. The maximum Gasteiger partial charge on any atom is 0.174 e. The van der Waals surface area contributed by atoms with Crippen LogP contribution in [-0.2, 0) is 13.2 Å². The van der Waals surface area contributed by atoms with Gasteiger partial charge in [-0.3, -0.25) is 0 Å². The first kappa shape index (κ1) is 14.6. The van der Waals surface area contributed by atoms with E-state index in [1.165, 1.54) is 5.56 Å². The summed E-state index contributed by atoms with van der Waals surface area (Å²) < 4.78 is 12.7. The first-order valence-electron chi connectivity index (χ1n) is 5.77. The fourth-order valence-corrected chi connectivity index (χ4v) is 3.19. The number of aryl methyl sites for hydroxylation is 1. The first-order chi connectivity index (χ1) is 9.10. The van der Waals surface area contributed by atoms with Crippen LogP contribution in [-0.4, -0.2) is 12.2 Å². The van der Waals surface area contributed by atoms with Crippen LogP contribution in [0.25, 0.3) is 0 Å². The van der Waals surface area contributed by atoms with Gasteiger partial charge in [0, 0.05) is 12.6 Å². The molecule has 2 aromatic rings. The molecule has 0 saturated heterocycles. The Morgan fingerprint density at radius 3 is 2.47 bits per heavy atom. The van der Waals surface area contributed by atoms with Crippen LogP contribution in [0.5, 0.6) is 5.75 Å². The largest absolute Gasteiger partial charge is 0.483 e. The summed E-state index contributed by atoms with van der Waals surface area (Å²) in [5.74, 6) is 1.46. The van der Waals surface area contributed by atoms with Crippen molar-refractivity contribution in [3.05, 3.63) is 44.2 Å². The van der Waals surface area contributed by atoms with Gasteiger partial charge in [0.25, 0.3) is 0 Å². The summed E-state index contributed by atoms with van der Waals surface area (Å²) in [7, 11) is 1.92. The maximum atomic E-state index is 5.75. The number of ether oxygens (including phenoxy) is 1. The Labute approximate surface area is 128 Å². The van der Waals surface area contributed by atoms with Crippen molar-refractivity contribution in [3.8, 4) is 5.75 Å². The Balaban J connectivity index is 2.11. The lowest BCUT2D eigenvalue weighted by molar-refractivity contribution is 0.246. The van der Waals surface area contributed by atoms with Gasteiger partial charge in [0.2, 0.25) is 0 Å². The van der Waals surface area contributed by atoms with Gasteiger partial charge < -0.3 is 14.6 Å². The molecule has 0 atom stereocenters. The Hall–Kier alpha value is -0.850. The van der Waals surface area contributed by atoms with Crippen molar-refractivity contribution in [1.29, 1.82) is 0 Å². The van der Waals surface area contributed by atoms with Crippen LogP contribution in [0.1, 0.15) is 17.0 Å². The molecule has 4 nitrogen and oxygen atoms in total. The molecule has 1 heterocycles. The normalized spacial score (nSPS) is 10.7. The van der Waals surface area contributed by atoms with E-state index in [0.717, 1.165) is 26.9 Å². The minimum absolute atomic E-state index is 0.351. The molecule has 0 aliphatic rings. The third-order valence-electron chi connectivity index (χ3n) is 2.47. The molecule has 102 valence electrons. The quantitative estimate of drug-likeness (QED) is 0.844. The molecule has 2 rings (SSSR count). The molecule has 19 heavy (non-hydrogen) atoms. The fraction of sp³-hybridized carbons (Fsp3) is 0.308. The van der Waals surface area contributed by atoms with Gasteiger partial charge in [0.1, 0.15) is 12.4 Å². The van der Waals surface area contributed by atoms with E-state index >= 15 is 0 Å². The van der Waals surface area contributed by atoms with Crippen LogP contribution in [0.15, 0.2) is 31.7 Å². The number of nitrogens with zero attached hydrogens (tertiary/aromatic N) is 1. The van der Waals surface area contributed by atoms with E-state index in [2.05, 4.69) is 42.3 Å². The molecule has 0 saturated carbocycles. The van der Waals surface area contributed by atoms with Gasteiger partial charge in [-0.2, -0.15) is 0 Å². The number of rotatable bonds is 5. The Bertz CT molecular complexity index is 547. The molecule has 0 amide bonds. The minimum atomic E-state index is 0.351. The van der Waals surface area contributed by atoms with Crippen molar-refractivity contribution in [2.75, 3.05) is 7.05 Å².